The van der Waals surface area contributed by atoms with Gasteiger partial charge in [-0.15, -0.1) is 0 Å². The Balaban J connectivity index is 1.38. The lowest BCUT2D eigenvalue weighted by Gasteiger charge is -2.31. The Hall–Kier alpha value is -2.80. The minimum Gasteiger partial charge on any atom is -0.346 e. The summed E-state index contributed by atoms with van der Waals surface area (Å²) >= 11 is 1.39. The van der Waals surface area contributed by atoms with Crippen molar-refractivity contribution < 1.29 is 9.18 Å². The third-order valence-electron chi connectivity index (χ3n) is 4.84. The zero-order valence-electron chi connectivity index (χ0n) is 15.3. The molecule has 1 amide bonds. The number of nitrogens with zero attached hydrogens (tertiary/aromatic N) is 3. The maximum Gasteiger partial charge on any atom is 0.229 e. The summed E-state index contributed by atoms with van der Waals surface area (Å²) in [4.78, 5) is 19.4. The van der Waals surface area contributed by atoms with Crippen molar-refractivity contribution in [1.82, 2.24) is 9.36 Å². The number of benzene rings is 2. The predicted octanol–water partition coefficient (Wildman–Crippen LogP) is 4.12. The smallest absolute Gasteiger partial charge is 0.229 e. The molecule has 0 bridgehead atoms. The molecule has 3 aromatic rings. The number of rotatable bonds is 5. The van der Waals surface area contributed by atoms with Crippen LogP contribution in [0.15, 0.2) is 54.6 Å². The van der Waals surface area contributed by atoms with Crippen LogP contribution < -0.4 is 10.2 Å². The van der Waals surface area contributed by atoms with Crippen molar-refractivity contribution in [3.05, 3.63) is 71.8 Å². The molecule has 0 aliphatic carbocycles. The molecule has 0 radical (unpaired) electrons. The van der Waals surface area contributed by atoms with Gasteiger partial charge in [-0.2, -0.15) is 4.37 Å². The van der Waals surface area contributed by atoms with Crippen LogP contribution in [0.2, 0.25) is 0 Å². The third-order valence-corrected chi connectivity index (χ3v) is 5.65. The van der Waals surface area contributed by atoms with E-state index in [0.717, 1.165) is 30.3 Å². The second-order valence-corrected chi connectivity index (χ2v) is 7.67. The molecule has 2 aromatic carbocycles. The summed E-state index contributed by atoms with van der Waals surface area (Å²) in [6.07, 6.45) is 2.47. The van der Waals surface area contributed by atoms with Crippen molar-refractivity contribution in [2.24, 2.45) is 5.92 Å². The molecule has 2 heterocycles. The number of nitrogens with one attached hydrogen (secondary N) is 1. The van der Waals surface area contributed by atoms with E-state index in [1.165, 1.54) is 29.2 Å². The van der Waals surface area contributed by atoms with Gasteiger partial charge in [-0.3, -0.25) is 4.79 Å². The maximum absolute atomic E-state index is 13.0. The average Bonchev–Trinajstić information content (AvgIpc) is 3.19. The highest BCUT2D eigenvalue weighted by molar-refractivity contribution is 7.09. The molecule has 0 saturated carbocycles. The van der Waals surface area contributed by atoms with Crippen LogP contribution in [0.4, 0.5) is 15.2 Å². The van der Waals surface area contributed by atoms with E-state index in [1.807, 2.05) is 18.2 Å². The van der Waals surface area contributed by atoms with Crippen LogP contribution in [-0.2, 0) is 11.2 Å². The Kier molecular flexibility index (Phi) is 5.62. The number of piperidine rings is 1. The third kappa shape index (κ3) is 4.54. The Morgan fingerprint density at radius 3 is 2.75 bits per heavy atom. The van der Waals surface area contributed by atoms with Crippen LogP contribution in [0.3, 0.4) is 0 Å². The van der Waals surface area contributed by atoms with Crippen molar-refractivity contribution in [1.29, 1.82) is 0 Å². The normalized spacial score (nSPS) is 16.8. The van der Waals surface area contributed by atoms with Gasteiger partial charge in [0.1, 0.15) is 11.6 Å². The average molecular weight is 396 g/mol. The number of hydrogen-bond acceptors (Lipinski definition) is 5. The topological polar surface area (TPSA) is 58.1 Å². The van der Waals surface area contributed by atoms with Crippen molar-refractivity contribution >= 4 is 28.3 Å². The maximum atomic E-state index is 13.0. The fourth-order valence-electron chi connectivity index (χ4n) is 3.37. The zero-order chi connectivity index (χ0) is 19.3. The van der Waals surface area contributed by atoms with E-state index >= 15 is 0 Å². The molecule has 1 saturated heterocycles. The number of anilines is 2. The van der Waals surface area contributed by atoms with Gasteiger partial charge in [0.15, 0.2) is 0 Å². The van der Waals surface area contributed by atoms with E-state index in [4.69, 9.17) is 0 Å². The number of hydrogen-bond donors (Lipinski definition) is 1. The fourth-order valence-corrected chi connectivity index (χ4v) is 4.09. The van der Waals surface area contributed by atoms with Gasteiger partial charge in [0.2, 0.25) is 11.0 Å². The van der Waals surface area contributed by atoms with E-state index in [9.17, 15) is 9.18 Å². The highest BCUT2D eigenvalue weighted by atomic mass is 32.1. The predicted molar refractivity (Wildman–Crippen MR) is 109 cm³/mol. The van der Waals surface area contributed by atoms with E-state index in [0.29, 0.717) is 18.7 Å². The van der Waals surface area contributed by atoms with E-state index in [1.54, 1.807) is 12.1 Å². The van der Waals surface area contributed by atoms with Gasteiger partial charge < -0.3 is 10.2 Å². The molecule has 28 heavy (non-hydrogen) atoms. The summed E-state index contributed by atoms with van der Waals surface area (Å²) in [6.45, 7) is 1.49. The summed E-state index contributed by atoms with van der Waals surface area (Å²) < 4.78 is 17.5. The van der Waals surface area contributed by atoms with Crippen LogP contribution in [0, 0.1) is 11.7 Å². The minimum absolute atomic E-state index is 0.0367. The molecule has 0 spiro atoms. The first-order valence-corrected chi connectivity index (χ1v) is 10.1. The number of carbonyl (C=O) groups excluding carboxylic acids is 1. The molecule has 1 atom stereocenters. The van der Waals surface area contributed by atoms with Crippen molar-refractivity contribution in [3.63, 3.8) is 0 Å². The molecule has 7 heteroatoms. The summed E-state index contributed by atoms with van der Waals surface area (Å²) in [6, 6.07) is 16.0. The molecule has 1 N–H and O–H groups in total. The van der Waals surface area contributed by atoms with Gasteiger partial charge in [0, 0.05) is 36.7 Å². The van der Waals surface area contributed by atoms with E-state index in [-0.39, 0.29) is 17.6 Å². The molecule has 144 valence electrons. The van der Waals surface area contributed by atoms with Crippen LogP contribution >= 0.6 is 11.5 Å². The Labute approximate surface area is 167 Å². The van der Waals surface area contributed by atoms with Crippen LogP contribution in [0.25, 0.3) is 0 Å². The summed E-state index contributed by atoms with van der Waals surface area (Å²) in [5, 5.41) is 3.75. The number of halogens is 1. The second-order valence-electron chi connectivity index (χ2n) is 6.94. The molecule has 0 unspecified atom stereocenters. The standard InChI is InChI=1S/C21H21FN4OS/c22-17-8-10-18(11-9-17)23-20(27)16-7-4-12-26(14-16)21-24-19(25-28-21)13-15-5-2-1-3-6-15/h1-3,5-6,8-11,16H,4,7,12-14H2,(H,23,27)/t16-/m1/s1. The summed E-state index contributed by atoms with van der Waals surface area (Å²) in [5.74, 6) is 0.333. The first kappa shape index (κ1) is 18.6. The first-order valence-electron chi connectivity index (χ1n) is 9.35. The Morgan fingerprint density at radius 1 is 1.18 bits per heavy atom. The number of aromatic nitrogens is 2. The molecule has 1 aliphatic rings. The molecule has 1 aliphatic heterocycles. The minimum atomic E-state index is -0.315. The highest BCUT2D eigenvalue weighted by Crippen LogP contribution is 2.26. The van der Waals surface area contributed by atoms with Gasteiger partial charge in [-0.05, 0) is 42.7 Å². The Bertz CT molecular complexity index is 929. The van der Waals surface area contributed by atoms with Gasteiger partial charge in [0.05, 0.1) is 5.92 Å². The van der Waals surface area contributed by atoms with Gasteiger partial charge >= 0.3 is 0 Å². The van der Waals surface area contributed by atoms with Crippen LogP contribution in [0.5, 0.6) is 0 Å². The van der Waals surface area contributed by atoms with Crippen LogP contribution in [0.1, 0.15) is 24.2 Å². The molecule has 1 aromatic heterocycles. The first-order chi connectivity index (χ1) is 13.7. The van der Waals surface area contributed by atoms with Crippen molar-refractivity contribution in [3.8, 4) is 0 Å². The second kappa shape index (κ2) is 8.48. The highest BCUT2D eigenvalue weighted by Gasteiger charge is 2.27. The fraction of sp³-hybridized carbons (Fsp3) is 0.286. The van der Waals surface area contributed by atoms with Crippen LogP contribution in [-0.4, -0.2) is 28.4 Å². The van der Waals surface area contributed by atoms with Gasteiger partial charge in [-0.25, -0.2) is 9.37 Å². The molecule has 1 fully saturated rings. The largest absolute Gasteiger partial charge is 0.346 e. The number of carbonyl (C=O) groups is 1. The Morgan fingerprint density at radius 2 is 1.96 bits per heavy atom. The lowest BCUT2D eigenvalue weighted by Crippen LogP contribution is -2.40. The molecular weight excluding hydrogens is 375 g/mol. The quantitative estimate of drug-likeness (QED) is 0.705. The van der Waals surface area contributed by atoms with Crippen molar-refractivity contribution in [2.45, 2.75) is 19.3 Å². The lowest BCUT2D eigenvalue weighted by atomic mass is 9.97. The zero-order valence-corrected chi connectivity index (χ0v) is 16.2. The van der Waals surface area contributed by atoms with E-state index in [2.05, 4.69) is 31.7 Å². The van der Waals surface area contributed by atoms with Crippen molar-refractivity contribution in [2.75, 3.05) is 23.3 Å². The van der Waals surface area contributed by atoms with Gasteiger partial charge in [-0.1, -0.05) is 30.3 Å². The molecular formula is C21H21FN4OS. The molecule has 4 rings (SSSR count). The van der Waals surface area contributed by atoms with Gasteiger partial charge in [0.25, 0.3) is 0 Å². The SMILES string of the molecule is O=C(Nc1ccc(F)cc1)[C@@H]1CCCN(c2nc(Cc3ccccc3)ns2)C1. The molecule has 5 nitrogen and oxygen atoms in total. The summed E-state index contributed by atoms with van der Waals surface area (Å²) in [5.41, 5.74) is 1.80. The summed E-state index contributed by atoms with van der Waals surface area (Å²) in [7, 11) is 0. The van der Waals surface area contributed by atoms with E-state index < -0.39 is 0 Å². The lowest BCUT2D eigenvalue weighted by molar-refractivity contribution is -0.120. The number of amides is 1. The monoisotopic (exact) mass is 396 g/mol.